The minimum absolute atomic E-state index is 0.242. The van der Waals surface area contributed by atoms with E-state index in [9.17, 15) is 13.9 Å². The van der Waals surface area contributed by atoms with Crippen molar-refractivity contribution >= 4 is 22.5 Å². The highest BCUT2D eigenvalue weighted by molar-refractivity contribution is 5.84. The third-order valence-electron chi connectivity index (χ3n) is 6.91. The number of hydrogen-bond acceptors (Lipinski definition) is 9. The van der Waals surface area contributed by atoms with Gasteiger partial charge < -0.3 is 19.9 Å². The summed E-state index contributed by atoms with van der Waals surface area (Å²) in [5.41, 5.74) is 5.29. The molecule has 4 aromatic heterocycles. The molecule has 1 unspecified atom stereocenters. The molecule has 1 aromatic carbocycles. The second-order valence-electron chi connectivity index (χ2n) is 10.1. The first kappa shape index (κ1) is 26.7. The summed E-state index contributed by atoms with van der Waals surface area (Å²) in [6.07, 6.45) is 1.60. The lowest BCUT2D eigenvalue weighted by molar-refractivity contribution is -0.0530. The maximum Gasteiger partial charge on any atom is 0.388 e. The maximum atomic E-state index is 12.8. The number of anilines is 2. The average molecular weight is 563 g/mol. The third kappa shape index (κ3) is 5.45. The molecule has 0 aliphatic carbocycles. The van der Waals surface area contributed by atoms with E-state index in [0.717, 1.165) is 47.6 Å². The number of aliphatic hydroxyl groups is 1. The molecule has 1 saturated heterocycles. The molecule has 5 heterocycles. The first-order valence-electron chi connectivity index (χ1n) is 13.1. The van der Waals surface area contributed by atoms with Crippen molar-refractivity contribution in [3.05, 3.63) is 71.3 Å². The van der Waals surface area contributed by atoms with Crippen molar-refractivity contribution in [2.45, 2.75) is 39.9 Å². The van der Waals surface area contributed by atoms with Crippen LogP contribution in [0.2, 0.25) is 0 Å². The maximum absolute atomic E-state index is 12.8. The Kier molecular flexibility index (Phi) is 7.05. The average Bonchev–Trinajstić information content (AvgIpc) is 3.49. The van der Waals surface area contributed by atoms with Crippen LogP contribution in [0.15, 0.2) is 48.8 Å². The minimum Gasteiger partial charge on any atom is -0.415 e. The smallest absolute Gasteiger partial charge is 0.388 e. The Morgan fingerprint density at radius 3 is 2.63 bits per heavy atom. The van der Waals surface area contributed by atoms with E-state index in [1.807, 2.05) is 35.8 Å². The largest absolute Gasteiger partial charge is 0.415 e. The lowest BCUT2D eigenvalue weighted by Gasteiger charge is -2.27. The summed E-state index contributed by atoms with van der Waals surface area (Å²) in [6.45, 7) is 3.60. The molecule has 1 aliphatic rings. The number of aryl methyl sites for hydroxylation is 2. The summed E-state index contributed by atoms with van der Waals surface area (Å²) in [5.74, 6) is 1.58. The Morgan fingerprint density at radius 2 is 1.95 bits per heavy atom. The molecular formula is C28H28F2N8O3. The quantitative estimate of drug-likeness (QED) is 0.265. The fourth-order valence-corrected chi connectivity index (χ4v) is 4.77. The number of imidazole rings is 1. The van der Waals surface area contributed by atoms with Crippen LogP contribution < -0.4 is 10.1 Å². The second-order valence-corrected chi connectivity index (χ2v) is 10.1. The van der Waals surface area contributed by atoms with Crippen LogP contribution in [0.1, 0.15) is 35.5 Å². The van der Waals surface area contributed by atoms with E-state index in [-0.39, 0.29) is 11.7 Å². The highest BCUT2D eigenvalue weighted by atomic mass is 19.3. The lowest BCUT2D eigenvalue weighted by Crippen LogP contribution is -2.29. The van der Waals surface area contributed by atoms with Crippen LogP contribution in [0.3, 0.4) is 0 Å². The molecule has 0 spiro atoms. The third-order valence-corrected chi connectivity index (χ3v) is 6.91. The van der Waals surface area contributed by atoms with E-state index in [1.165, 1.54) is 10.7 Å². The summed E-state index contributed by atoms with van der Waals surface area (Å²) < 4.78 is 38.7. The van der Waals surface area contributed by atoms with E-state index in [2.05, 4.69) is 30.3 Å². The van der Waals surface area contributed by atoms with Crippen LogP contribution >= 0.6 is 0 Å². The van der Waals surface area contributed by atoms with E-state index in [0.29, 0.717) is 28.8 Å². The number of rotatable bonds is 9. The number of nitrogens with one attached hydrogen (secondary N) is 1. The highest BCUT2D eigenvalue weighted by Crippen LogP contribution is 2.32. The Balaban J connectivity index is 1.44. The summed E-state index contributed by atoms with van der Waals surface area (Å²) >= 11 is 0. The standard InChI is InChI=1S/C28H28F2N8O3/c1-15-4-6-24(35-34-15)32-21-11-23-22(10-19(21)9-18-12-40-13-18)31-14-37(23)25-7-5-20(17(3)39)27(33-25)38-16(2)8-26(36-38)41-28(29)30/h4-8,10-11,14,17-18,28,39H,9,12-13H2,1-3H3,(H,32,35). The van der Waals surface area contributed by atoms with Crippen LogP contribution in [0.4, 0.5) is 20.3 Å². The molecule has 0 radical (unpaired) electrons. The molecule has 0 amide bonds. The zero-order valence-corrected chi connectivity index (χ0v) is 22.6. The molecular weight excluding hydrogens is 534 g/mol. The zero-order chi connectivity index (χ0) is 28.7. The number of nitrogens with zero attached hydrogens (tertiary/aromatic N) is 7. The van der Waals surface area contributed by atoms with Gasteiger partial charge in [-0.25, -0.2) is 14.6 Å². The van der Waals surface area contributed by atoms with Crippen molar-refractivity contribution in [1.29, 1.82) is 0 Å². The van der Waals surface area contributed by atoms with Crippen molar-refractivity contribution < 1.29 is 23.4 Å². The second kappa shape index (κ2) is 10.8. The van der Waals surface area contributed by atoms with Gasteiger partial charge in [0.2, 0.25) is 5.88 Å². The zero-order valence-electron chi connectivity index (χ0n) is 22.6. The predicted molar refractivity (Wildman–Crippen MR) is 146 cm³/mol. The molecule has 1 aliphatic heterocycles. The summed E-state index contributed by atoms with van der Waals surface area (Å²) in [6, 6.07) is 12.7. The van der Waals surface area contributed by atoms with Crippen molar-refractivity contribution in [3.63, 3.8) is 0 Å². The molecule has 5 aromatic rings. The van der Waals surface area contributed by atoms with Gasteiger partial charge in [-0.05, 0) is 69.2 Å². The Bertz CT molecular complexity index is 1700. The SMILES string of the molecule is Cc1ccc(Nc2cc3c(cc2CC2COC2)ncn3-c2ccc(C(C)O)c(-n3nc(OC(F)F)cc3C)n2)nn1. The Labute approximate surface area is 233 Å². The number of fused-ring (bicyclic) bond motifs is 1. The van der Waals surface area contributed by atoms with Crippen molar-refractivity contribution in [3.8, 4) is 17.5 Å². The van der Waals surface area contributed by atoms with E-state index < -0.39 is 12.7 Å². The Morgan fingerprint density at radius 1 is 1.12 bits per heavy atom. The first-order valence-corrected chi connectivity index (χ1v) is 13.1. The number of alkyl halides is 2. The number of hydrogen-bond donors (Lipinski definition) is 2. The van der Waals surface area contributed by atoms with Crippen LogP contribution in [-0.4, -0.2) is 59.4 Å². The van der Waals surface area contributed by atoms with Crippen molar-refractivity contribution in [1.82, 2.24) is 34.5 Å². The molecule has 6 rings (SSSR count). The molecule has 212 valence electrons. The van der Waals surface area contributed by atoms with Gasteiger partial charge in [0.05, 0.1) is 36.0 Å². The van der Waals surface area contributed by atoms with E-state index in [1.54, 1.807) is 32.3 Å². The number of pyridine rings is 1. The van der Waals surface area contributed by atoms with Gasteiger partial charge >= 0.3 is 6.61 Å². The molecule has 41 heavy (non-hydrogen) atoms. The normalized spacial score (nSPS) is 14.4. The number of halogens is 2. The van der Waals surface area contributed by atoms with Crippen LogP contribution in [-0.2, 0) is 11.2 Å². The summed E-state index contributed by atoms with van der Waals surface area (Å²) in [5, 5.41) is 26.4. The van der Waals surface area contributed by atoms with Gasteiger partial charge in [-0.3, -0.25) is 4.57 Å². The number of benzene rings is 1. The molecule has 13 heteroatoms. The minimum atomic E-state index is -3.01. The number of ether oxygens (including phenoxy) is 2. The van der Waals surface area contributed by atoms with E-state index in [4.69, 9.17) is 9.72 Å². The van der Waals surface area contributed by atoms with Crippen molar-refractivity contribution in [2.75, 3.05) is 18.5 Å². The van der Waals surface area contributed by atoms with Crippen LogP contribution in [0.25, 0.3) is 22.7 Å². The number of aromatic nitrogens is 7. The van der Waals surface area contributed by atoms with Gasteiger partial charge in [-0.2, -0.15) is 13.9 Å². The topological polar surface area (TPSA) is 125 Å². The van der Waals surface area contributed by atoms with Crippen LogP contribution in [0.5, 0.6) is 5.88 Å². The van der Waals surface area contributed by atoms with Gasteiger partial charge in [0.25, 0.3) is 0 Å². The van der Waals surface area contributed by atoms with Gasteiger partial charge in [0.1, 0.15) is 12.1 Å². The molecule has 11 nitrogen and oxygen atoms in total. The molecule has 0 saturated carbocycles. The molecule has 1 fully saturated rings. The Hall–Kier alpha value is -4.49. The molecule has 0 bridgehead atoms. The summed E-state index contributed by atoms with van der Waals surface area (Å²) in [4.78, 5) is 9.43. The van der Waals surface area contributed by atoms with Gasteiger partial charge in [-0.1, -0.05) is 0 Å². The van der Waals surface area contributed by atoms with Crippen LogP contribution in [0, 0.1) is 19.8 Å². The van der Waals surface area contributed by atoms with E-state index >= 15 is 0 Å². The number of aliphatic hydroxyl groups excluding tert-OH is 1. The molecule has 1 atom stereocenters. The van der Waals surface area contributed by atoms with Gasteiger partial charge in [-0.15, -0.1) is 10.2 Å². The predicted octanol–water partition coefficient (Wildman–Crippen LogP) is 4.60. The van der Waals surface area contributed by atoms with Crippen molar-refractivity contribution in [2.24, 2.45) is 5.92 Å². The van der Waals surface area contributed by atoms with Gasteiger partial charge in [0.15, 0.2) is 11.6 Å². The monoisotopic (exact) mass is 562 g/mol. The summed E-state index contributed by atoms with van der Waals surface area (Å²) in [7, 11) is 0. The van der Waals surface area contributed by atoms with Gasteiger partial charge in [0, 0.05) is 28.9 Å². The molecule has 2 N–H and O–H groups in total. The first-order chi connectivity index (χ1) is 19.7. The highest BCUT2D eigenvalue weighted by Gasteiger charge is 2.23. The lowest BCUT2D eigenvalue weighted by atomic mass is 9.96. The fourth-order valence-electron chi connectivity index (χ4n) is 4.77. The fraction of sp³-hybridized carbons (Fsp3) is 0.321.